The van der Waals surface area contributed by atoms with Crippen LogP contribution in [0, 0.1) is 0 Å². The molecule has 2 rings (SSSR count). The second-order valence-electron chi connectivity index (χ2n) is 5.90. The van der Waals surface area contributed by atoms with Gasteiger partial charge in [0.2, 0.25) is 10.0 Å². The maximum Gasteiger partial charge on any atom is 0.253 e. The van der Waals surface area contributed by atoms with Crippen LogP contribution in [0.3, 0.4) is 0 Å². The monoisotopic (exact) mass is 426 g/mol. The largest absolute Gasteiger partial charge is 0.490 e. The molecule has 152 valence electrons. The van der Waals surface area contributed by atoms with E-state index in [1.54, 1.807) is 6.07 Å². The number of anilines is 1. The van der Waals surface area contributed by atoms with E-state index in [2.05, 4.69) is 10.0 Å². The second kappa shape index (κ2) is 9.66. The zero-order valence-electron chi connectivity index (χ0n) is 15.9. The molecule has 0 saturated heterocycles. The summed E-state index contributed by atoms with van der Waals surface area (Å²) in [6.45, 7) is 5.07. The Hall–Kier alpha value is -2.45. The molecular formula is C19H23ClN2O5S. The summed E-state index contributed by atoms with van der Waals surface area (Å²) >= 11 is 6.12. The molecular weight excluding hydrogens is 404 g/mol. The van der Waals surface area contributed by atoms with Crippen molar-refractivity contribution in [1.82, 2.24) is 5.32 Å². The summed E-state index contributed by atoms with van der Waals surface area (Å²) in [6.07, 6.45) is 1.04. The highest BCUT2D eigenvalue weighted by molar-refractivity contribution is 7.92. The van der Waals surface area contributed by atoms with Crippen molar-refractivity contribution in [3.8, 4) is 11.5 Å². The van der Waals surface area contributed by atoms with Crippen LogP contribution in [0.5, 0.6) is 11.5 Å². The molecule has 28 heavy (non-hydrogen) atoms. The number of rotatable bonds is 9. The molecule has 1 amide bonds. The Labute approximate surface area is 170 Å². The first kappa shape index (κ1) is 21.8. The average molecular weight is 427 g/mol. The molecule has 0 spiro atoms. The summed E-state index contributed by atoms with van der Waals surface area (Å²) in [5, 5.41) is 2.93. The van der Waals surface area contributed by atoms with E-state index >= 15 is 0 Å². The summed E-state index contributed by atoms with van der Waals surface area (Å²) in [7, 11) is -3.42. The maximum atomic E-state index is 12.4. The van der Waals surface area contributed by atoms with Gasteiger partial charge in [-0.25, -0.2) is 8.42 Å². The van der Waals surface area contributed by atoms with Crippen LogP contribution < -0.4 is 19.5 Å². The molecule has 0 fully saturated rings. The Morgan fingerprint density at radius 3 is 2.32 bits per heavy atom. The van der Waals surface area contributed by atoms with Gasteiger partial charge in [0, 0.05) is 12.2 Å². The molecule has 0 aliphatic heterocycles. The molecule has 2 N–H and O–H groups in total. The molecule has 0 unspecified atom stereocenters. The number of benzene rings is 2. The summed E-state index contributed by atoms with van der Waals surface area (Å²) in [4.78, 5) is 12.4. The van der Waals surface area contributed by atoms with E-state index in [-0.39, 0.29) is 28.7 Å². The number of carbonyl (C=O) groups excluding carboxylic acids is 1. The number of hydrogen-bond acceptors (Lipinski definition) is 5. The van der Waals surface area contributed by atoms with Gasteiger partial charge in [0.1, 0.15) is 0 Å². The molecule has 0 aliphatic rings. The fourth-order valence-electron chi connectivity index (χ4n) is 2.46. The van der Waals surface area contributed by atoms with Crippen LogP contribution in [0.25, 0.3) is 0 Å². The average Bonchev–Trinajstić information content (AvgIpc) is 2.60. The minimum absolute atomic E-state index is 0.146. The summed E-state index contributed by atoms with van der Waals surface area (Å²) in [5.41, 5.74) is 1.38. The topological polar surface area (TPSA) is 93.7 Å². The van der Waals surface area contributed by atoms with Crippen LogP contribution in [-0.4, -0.2) is 33.8 Å². The molecule has 0 atom stereocenters. The highest BCUT2D eigenvalue weighted by Crippen LogP contribution is 2.28. The minimum atomic E-state index is -3.42. The van der Waals surface area contributed by atoms with Gasteiger partial charge in [-0.2, -0.15) is 0 Å². The van der Waals surface area contributed by atoms with Crippen molar-refractivity contribution in [3.63, 3.8) is 0 Å². The Morgan fingerprint density at radius 1 is 1.04 bits per heavy atom. The minimum Gasteiger partial charge on any atom is -0.490 e. The molecule has 0 aromatic heterocycles. The molecule has 0 saturated carbocycles. The molecule has 0 bridgehead atoms. The van der Waals surface area contributed by atoms with Gasteiger partial charge in [0.15, 0.2) is 11.5 Å². The molecule has 0 radical (unpaired) electrons. The van der Waals surface area contributed by atoms with Crippen LogP contribution in [-0.2, 0) is 16.6 Å². The first-order valence-electron chi connectivity index (χ1n) is 8.67. The lowest BCUT2D eigenvalue weighted by Gasteiger charge is -2.13. The van der Waals surface area contributed by atoms with Crippen LogP contribution in [0.4, 0.5) is 5.69 Å². The third-order valence-electron chi connectivity index (χ3n) is 3.58. The standard InChI is InChI=1S/C19H23ClN2O5S/c1-4-26-17-9-6-13(10-18(17)27-5-2)12-21-19(23)15-8-7-14(11-16(15)20)22-28(3,24)25/h6-11,22H,4-5,12H2,1-3H3,(H,21,23). The molecule has 2 aromatic rings. The lowest BCUT2D eigenvalue weighted by atomic mass is 10.1. The van der Waals surface area contributed by atoms with Gasteiger partial charge in [0.05, 0.1) is 30.1 Å². The fraction of sp³-hybridized carbons (Fsp3) is 0.316. The number of ether oxygens (including phenoxy) is 2. The third-order valence-corrected chi connectivity index (χ3v) is 4.50. The van der Waals surface area contributed by atoms with E-state index < -0.39 is 10.0 Å². The molecule has 0 heterocycles. The van der Waals surface area contributed by atoms with Crippen molar-refractivity contribution in [3.05, 3.63) is 52.5 Å². The van der Waals surface area contributed by atoms with E-state index in [0.717, 1.165) is 11.8 Å². The maximum absolute atomic E-state index is 12.4. The second-order valence-corrected chi connectivity index (χ2v) is 8.05. The number of sulfonamides is 1. The molecule has 7 nitrogen and oxygen atoms in total. The van der Waals surface area contributed by atoms with Crippen LogP contribution >= 0.6 is 11.6 Å². The molecule has 0 aliphatic carbocycles. The summed E-state index contributed by atoms with van der Waals surface area (Å²) in [5.74, 6) is 0.893. The number of nitrogens with one attached hydrogen (secondary N) is 2. The van der Waals surface area contributed by atoms with Gasteiger partial charge < -0.3 is 14.8 Å². The van der Waals surface area contributed by atoms with E-state index in [1.807, 2.05) is 26.0 Å². The predicted molar refractivity (Wildman–Crippen MR) is 110 cm³/mol. The van der Waals surface area contributed by atoms with E-state index in [0.29, 0.717) is 24.7 Å². The Bertz CT molecular complexity index is 947. The van der Waals surface area contributed by atoms with Gasteiger partial charge in [-0.05, 0) is 49.7 Å². The van der Waals surface area contributed by atoms with Crippen molar-refractivity contribution in [2.24, 2.45) is 0 Å². The fourth-order valence-corrected chi connectivity index (χ4v) is 3.28. The van der Waals surface area contributed by atoms with E-state index in [4.69, 9.17) is 21.1 Å². The quantitative estimate of drug-likeness (QED) is 0.640. The highest BCUT2D eigenvalue weighted by atomic mass is 35.5. The zero-order chi connectivity index (χ0) is 20.7. The predicted octanol–water partition coefficient (Wildman–Crippen LogP) is 3.44. The normalized spacial score (nSPS) is 11.0. The number of carbonyl (C=O) groups is 1. The lowest BCUT2D eigenvalue weighted by Crippen LogP contribution is -2.23. The smallest absolute Gasteiger partial charge is 0.253 e. The number of hydrogen-bond donors (Lipinski definition) is 2. The molecule has 9 heteroatoms. The van der Waals surface area contributed by atoms with Crippen LogP contribution in [0.15, 0.2) is 36.4 Å². The van der Waals surface area contributed by atoms with Crippen molar-refractivity contribution in [1.29, 1.82) is 0 Å². The van der Waals surface area contributed by atoms with E-state index in [9.17, 15) is 13.2 Å². The Balaban J connectivity index is 2.08. The van der Waals surface area contributed by atoms with Crippen molar-refractivity contribution >= 4 is 33.2 Å². The SMILES string of the molecule is CCOc1ccc(CNC(=O)c2ccc(NS(C)(=O)=O)cc2Cl)cc1OCC. The number of halogens is 1. The first-order valence-corrected chi connectivity index (χ1v) is 10.9. The van der Waals surface area contributed by atoms with Gasteiger partial charge in [-0.15, -0.1) is 0 Å². The highest BCUT2D eigenvalue weighted by Gasteiger charge is 2.13. The lowest BCUT2D eigenvalue weighted by molar-refractivity contribution is 0.0951. The number of amides is 1. The van der Waals surface area contributed by atoms with E-state index in [1.165, 1.54) is 18.2 Å². The van der Waals surface area contributed by atoms with Crippen molar-refractivity contribution in [2.45, 2.75) is 20.4 Å². The van der Waals surface area contributed by atoms with Crippen molar-refractivity contribution < 1.29 is 22.7 Å². The molecule has 2 aromatic carbocycles. The van der Waals surface area contributed by atoms with Crippen molar-refractivity contribution in [2.75, 3.05) is 24.2 Å². The first-order chi connectivity index (χ1) is 13.2. The third kappa shape index (κ3) is 6.31. The van der Waals surface area contributed by atoms with Gasteiger partial charge in [-0.1, -0.05) is 17.7 Å². The Morgan fingerprint density at radius 2 is 1.71 bits per heavy atom. The van der Waals surface area contributed by atoms with Gasteiger partial charge in [-0.3, -0.25) is 9.52 Å². The summed E-state index contributed by atoms with van der Waals surface area (Å²) < 4.78 is 36.0. The summed E-state index contributed by atoms with van der Waals surface area (Å²) in [6, 6.07) is 9.79. The van der Waals surface area contributed by atoms with Gasteiger partial charge in [0.25, 0.3) is 5.91 Å². The zero-order valence-corrected chi connectivity index (χ0v) is 17.5. The van der Waals surface area contributed by atoms with Crippen LogP contribution in [0.1, 0.15) is 29.8 Å². The van der Waals surface area contributed by atoms with Gasteiger partial charge >= 0.3 is 0 Å². The Kier molecular flexibility index (Phi) is 7.53. The van der Waals surface area contributed by atoms with Crippen LogP contribution in [0.2, 0.25) is 5.02 Å².